The molecule has 0 saturated heterocycles. The van der Waals surface area contributed by atoms with Crippen molar-refractivity contribution in [3.05, 3.63) is 36.4 Å². The van der Waals surface area contributed by atoms with Gasteiger partial charge in [0.25, 0.3) is 0 Å². The minimum absolute atomic E-state index is 0.302. The molecule has 0 bridgehead atoms. The van der Waals surface area contributed by atoms with Crippen molar-refractivity contribution in [1.29, 1.82) is 0 Å². The Hall–Kier alpha value is -1.99. The predicted molar refractivity (Wildman–Crippen MR) is 94.7 cm³/mol. The van der Waals surface area contributed by atoms with Crippen LogP contribution in [0.2, 0.25) is 0 Å². The molecule has 7 heteroatoms. The van der Waals surface area contributed by atoms with E-state index in [0.717, 1.165) is 36.9 Å². The number of benzene rings is 1. The highest BCUT2D eigenvalue weighted by Crippen LogP contribution is 2.27. The maximum absolute atomic E-state index is 11.5. The monoisotopic (exact) mass is 346 g/mol. The molecular weight excluding hydrogens is 324 g/mol. The molecule has 0 unspecified atom stereocenters. The van der Waals surface area contributed by atoms with Gasteiger partial charge in [-0.2, -0.15) is 0 Å². The smallest absolute Gasteiger partial charge is 0.175 e. The maximum Gasteiger partial charge on any atom is 0.175 e. The second kappa shape index (κ2) is 7.27. The third-order valence-electron chi connectivity index (χ3n) is 3.98. The lowest BCUT2D eigenvalue weighted by Gasteiger charge is -2.07. The highest BCUT2D eigenvalue weighted by molar-refractivity contribution is 7.90. The Bertz CT molecular complexity index is 769. The minimum Gasteiger partial charge on any atom is -0.367 e. The third-order valence-corrected chi connectivity index (χ3v) is 5.11. The van der Waals surface area contributed by atoms with Crippen LogP contribution in [0.1, 0.15) is 12.8 Å². The second-order valence-electron chi connectivity index (χ2n) is 6.17. The molecule has 0 atom stereocenters. The van der Waals surface area contributed by atoms with Gasteiger partial charge < -0.3 is 10.6 Å². The fraction of sp³-hybridized carbons (Fsp3) is 0.412. The first-order chi connectivity index (χ1) is 11.5. The van der Waals surface area contributed by atoms with Crippen LogP contribution in [0, 0.1) is 5.92 Å². The van der Waals surface area contributed by atoms with Gasteiger partial charge >= 0.3 is 0 Å². The van der Waals surface area contributed by atoms with Crippen molar-refractivity contribution >= 4 is 15.7 Å². The van der Waals surface area contributed by atoms with E-state index in [4.69, 9.17) is 0 Å². The molecule has 2 N–H and O–H groups in total. The molecule has 2 aromatic rings. The molecule has 0 aliphatic heterocycles. The zero-order valence-corrected chi connectivity index (χ0v) is 14.5. The van der Waals surface area contributed by atoms with Crippen molar-refractivity contribution in [2.45, 2.75) is 17.7 Å². The van der Waals surface area contributed by atoms with Crippen LogP contribution in [0.4, 0.5) is 5.82 Å². The normalized spacial score (nSPS) is 14.5. The summed E-state index contributed by atoms with van der Waals surface area (Å²) in [6.45, 7) is 2.83. The molecule has 1 aliphatic carbocycles. The quantitative estimate of drug-likeness (QED) is 0.711. The standard InChI is InChI=1S/C17H22N4O2S/c1-24(22,23)15-6-4-14(5-7-15)16-8-9-17(21-20-16)19-11-10-18-12-13-2-3-13/h4-9,13,18H,2-3,10-12H2,1H3,(H,19,21). The molecule has 1 saturated carbocycles. The average Bonchev–Trinajstić information content (AvgIpc) is 3.39. The van der Waals surface area contributed by atoms with E-state index in [1.165, 1.54) is 19.1 Å². The number of nitrogens with one attached hydrogen (secondary N) is 2. The van der Waals surface area contributed by atoms with Gasteiger partial charge in [-0.3, -0.25) is 0 Å². The van der Waals surface area contributed by atoms with Gasteiger partial charge in [0.05, 0.1) is 10.6 Å². The van der Waals surface area contributed by atoms with Gasteiger partial charge in [0.15, 0.2) is 9.84 Å². The SMILES string of the molecule is CS(=O)(=O)c1ccc(-c2ccc(NCCNCC3CC3)nn2)cc1. The molecule has 24 heavy (non-hydrogen) atoms. The molecule has 1 heterocycles. The van der Waals surface area contributed by atoms with Crippen molar-refractivity contribution in [2.75, 3.05) is 31.2 Å². The van der Waals surface area contributed by atoms with Gasteiger partial charge in [-0.1, -0.05) is 12.1 Å². The summed E-state index contributed by atoms with van der Waals surface area (Å²) in [5.41, 5.74) is 1.56. The fourth-order valence-corrected chi connectivity index (χ4v) is 2.99. The summed E-state index contributed by atoms with van der Waals surface area (Å²) in [5.74, 6) is 1.62. The van der Waals surface area contributed by atoms with E-state index in [-0.39, 0.29) is 0 Å². The Kier molecular flexibility index (Phi) is 5.11. The van der Waals surface area contributed by atoms with Gasteiger partial charge in [0, 0.05) is 24.9 Å². The lowest BCUT2D eigenvalue weighted by molar-refractivity contribution is 0.602. The van der Waals surface area contributed by atoms with Gasteiger partial charge in [-0.25, -0.2) is 8.42 Å². The molecule has 0 spiro atoms. The fourth-order valence-electron chi connectivity index (χ4n) is 2.36. The molecule has 0 radical (unpaired) electrons. The van der Waals surface area contributed by atoms with Gasteiger partial charge in [-0.15, -0.1) is 10.2 Å². The summed E-state index contributed by atoms with van der Waals surface area (Å²) in [6, 6.07) is 10.4. The number of rotatable bonds is 8. The van der Waals surface area contributed by atoms with E-state index in [0.29, 0.717) is 10.6 Å². The summed E-state index contributed by atoms with van der Waals surface area (Å²) in [7, 11) is -3.18. The predicted octanol–water partition coefficient (Wildman–Crippen LogP) is 1.96. The Morgan fingerprint density at radius 2 is 1.79 bits per heavy atom. The van der Waals surface area contributed by atoms with Crippen molar-refractivity contribution in [1.82, 2.24) is 15.5 Å². The number of hydrogen-bond acceptors (Lipinski definition) is 6. The molecule has 1 aliphatic rings. The zero-order valence-electron chi connectivity index (χ0n) is 13.7. The molecule has 3 rings (SSSR count). The van der Waals surface area contributed by atoms with Crippen LogP contribution in [-0.4, -0.2) is 44.5 Å². The molecule has 1 aromatic heterocycles. The van der Waals surface area contributed by atoms with Crippen LogP contribution in [0.15, 0.2) is 41.3 Å². The summed E-state index contributed by atoms with van der Waals surface area (Å²) in [4.78, 5) is 0.302. The number of anilines is 1. The van der Waals surface area contributed by atoms with E-state index >= 15 is 0 Å². The van der Waals surface area contributed by atoms with Crippen LogP contribution < -0.4 is 10.6 Å². The van der Waals surface area contributed by atoms with Crippen molar-refractivity contribution in [3.63, 3.8) is 0 Å². The average molecular weight is 346 g/mol. The lowest BCUT2D eigenvalue weighted by atomic mass is 10.1. The molecule has 6 nitrogen and oxygen atoms in total. The Labute approximate surface area is 142 Å². The summed E-state index contributed by atoms with van der Waals surface area (Å²) in [6.07, 6.45) is 3.92. The van der Waals surface area contributed by atoms with Crippen molar-refractivity contribution in [2.24, 2.45) is 5.92 Å². The summed E-state index contributed by atoms with van der Waals surface area (Å²) in [5, 5.41) is 15.0. The first-order valence-corrected chi connectivity index (χ1v) is 10.0. The molecule has 1 aromatic carbocycles. The minimum atomic E-state index is -3.18. The second-order valence-corrected chi connectivity index (χ2v) is 8.19. The summed E-state index contributed by atoms with van der Waals surface area (Å²) < 4.78 is 22.9. The van der Waals surface area contributed by atoms with Crippen LogP contribution in [0.5, 0.6) is 0 Å². The zero-order chi connectivity index (χ0) is 17.0. The molecule has 0 amide bonds. The van der Waals surface area contributed by atoms with Gasteiger partial charge in [0.1, 0.15) is 5.82 Å². The molecule has 128 valence electrons. The highest BCUT2D eigenvalue weighted by Gasteiger charge is 2.19. The van der Waals surface area contributed by atoms with E-state index in [2.05, 4.69) is 20.8 Å². The largest absolute Gasteiger partial charge is 0.367 e. The van der Waals surface area contributed by atoms with Crippen molar-refractivity contribution < 1.29 is 8.42 Å². The number of aromatic nitrogens is 2. The Morgan fingerprint density at radius 3 is 2.38 bits per heavy atom. The molecular formula is C17H22N4O2S. The van der Waals surface area contributed by atoms with E-state index in [1.807, 2.05) is 12.1 Å². The van der Waals surface area contributed by atoms with E-state index in [9.17, 15) is 8.42 Å². The van der Waals surface area contributed by atoms with Crippen LogP contribution in [0.25, 0.3) is 11.3 Å². The summed E-state index contributed by atoms with van der Waals surface area (Å²) >= 11 is 0. The third kappa shape index (κ3) is 4.75. The van der Waals surface area contributed by atoms with Gasteiger partial charge in [0.2, 0.25) is 0 Å². The molecule has 1 fully saturated rings. The first-order valence-electron chi connectivity index (χ1n) is 8.11. The number of nitrogens with zero attached hydrogens (tertiary/aromatic N) is 2. The topological polar surface area (TPSA) is 84.0 Å². The number of sulfone groups is 1. The Balaban J connectivity index is 1.53. The highest BCUT2D eigenvalue weighted by atomic mass is 32.2. The maximum atomic E-state index is 11.5. The van der Waals surface area contributed by atoms with Crippen LogP contribution in [-0.2, 0) is 9.84 Å². The van der Waals surface area contributed by atoms with E-state index in [1.54, 1.807) is 24.3 Å². The van der Waals surface area contributed by atoms with Gasteiger partial charge in [-0.05, 0) is 49.6 Å². The Morgan fingerprint density at radius 1 is 1.04 bits per heavy atom. The van der Waals surface area contributed by atoms with Crippen molar-refractivity contribution in [3.8, 4) is 11.3 Å². The first kappa shape index (κ1) is 16.9. The lowest BCUT2D eigenvalue weighted by Crippen LogP contribution is -2.24. The number of hydrogen-bond donors (Lipinski definition) is 2. The van der Waals surface area contributed by atoms with E-state index < -0.39 is 9.84 Å². The van der Waals surface area contributed by atoms with Crippen LogP contribution >= 0.6 is 0 Å². The van der Waals surface area contributed by atoms with Crippen LogP contribution in [0.3, 0.4) is 0 Å².